The van der Waals surface area contributed by atoms with Gasteiger partial charge in [-0.15, -0.1) is 0 Å². The Morgan fingerprint density at radius 3 is 2.67 bits per heavy atom. The predicted molar refractivity (Wildman–Crippen MR) is 58.3 cm³/mol. The van der Waals surface area contributed by atoms with Gasteiger partial charge in [-0.3, -0.25) is 4.79 Å². The summed E-state index contributed by atoms with van der Waals surface area (Å²) in [6, 6.07) is 0. The van der Waals surface area contributed by atoms with E-state index in [1.807, 2.05) is 4.90 Å². The highest BCUT2D eigenvalue weighted by Gasteiger charge is 2.40. The van der Waals surface area contributed by atoms with Crippen LogP contribution >= 0.6 is 0 Å². The van der Waals surface area contributed by atoms with Gasteiger partial charge < -0.3 is 10.0 Å². The first-order valence-electron chi connectivity index (χ1n) is 6.06. The highest BCUT2D eigenvalue weighted by molar-refractivity contribution is 5.82. The van der Waals surface area contributed by atoms with Crippen LogP contribution in [0.4, 0.5) is 0 Å². The molecular formula is C12H21NO2. The molecule has 1 aliphatic carbocycles. The topological polar surface area (TPSA) is 40.5 Å². The quantitative estimate of drug-likeness (QED) is 0.750. The fraction of sp³-hybridized carbons (Fsp3) is 0.917. The molecule has 0 radical (unpaired) electrons. The lowest BCUT2D eigenvalue weighted by atomic mass is 9.87. The monoisotopic (exact) mass is 211 g/mol. The minimum atomic E-state index is -0.0929. The van der Waals surface area contributed by atoms with Crippen molar-refractivity contribution in [2.45, 2.75) is 39.0 Å². The van der Waals surface area contributed by atoms with E-state index in [1.165, 1.54) is 12.8 Å². The van der Waals surface area contributed by atoms with Gasteiger partial charge in [0.05, 0.1) is 0 Å². The van der Waals surface area contributed by atoms with Gasteiger partial charge in [-0.05, 0) is 19.3 Å². The highest BCUT2D eigenvalue weighted by atomic mass is 16.3. The minimum Gasteiger partial charge on any atom is -0.396 e. The molecule has 1 unspecified atom stereocenters. The maximum Gasteiger partial charge on any atom is 0.228 e. The summed E-state index contributed by atoms with van der Waals surface area (Å²) >= 11 is 0. The van der Waals surface area contributed by atoms with Crippen LogP contribution in [0.25, 0.3) is 0 Å². The largest absolute Gasteiger partial charge is 0.396 e. The zero-order valence-electron chi connectivity index (χ0n) is 9.54. The molecule has 2 rings (SSSR count). The van der Waals surface area contributed by atoms with Crippen molar-refractivity contribution in [3.8, 4) is 0 Å². The Morgan fingerprint density at radius 1 is 1.47 bits per heavy atom. The number of carbonyl (C=O) groups is 1. The molecule has 2 fully saturated rings. The second kappa shape index (κ2) is 4.12. The van der Waals surface area contributed by atoms with Crippen molar-refractivity contribution >= 4 is 5.91 Å². The first-order valence-corrected chi connectivity index (χ1v) is 6.06. The Kier molecular flexibility index (Phi) is 3.01. The Morgan fingerprint density at radius 2 is 2.13 bits per heavy atom. The summed E-state index contributed by atoms with van der Waals surface area (Å²) in [6.07, 6.45) is 5.45. The minimum absolute atomic E-state index is 0.0929. The Balaban J connectivity index is 1.96. The number of likely N-dealkylation sites (tertiary alicyclic amines) is 1. The van der Waals surface area contributed by atoms with E-state index < -0.39 is 0 Å². The smallest absolute Gasteiger partial charge is 0.228 e. The summed E-state index contributed by atoms with van der Waals surface area (Å²) in [5.74, 6) is 0.648. The average molecular weight is 211 g/mol. The molecule has 1 heterocycles. The molecule has 2 aliphatic rings. The molecule has 0 aromatic carbocycles. The molecule has 1 saturated carbocycles. The second-order valence-corrected chi connectivity index (χ2v) is 5.36. The molecule has 1 saturated heterocycles. The fourth-order valence-electron chi connectivity index (χ4n) is 2.92. The molecular weight excluding hydrogens is 190 g/mol. The lowest BCUT2D eigenvalue weighted by molar-refractivity contribution is -0.140. The van der Waals surface area contributed by atoms with Gasteiger partial charge in [-0.2, -0.15) is 0 Å². The molecule has 1 N–H and O–H groups in total. The summed E-state index contributed by atoms with van der Waals surface area (Å²) in [6.45, 7) is 3.94. The zero-order valence-corrected chi connectivity index (χ0v) is 9.54. The van der Waals surface area contributed by atoms with Crippen molar-refractivity contribution < 1.29 is 9.90 Å². The number of carbonyl (C=O) groups excluding carboxylic acids is 1. The lowest BCUT2D eigenvalue weighted by Gasteiger charge is -2.28. The van der Waals surface area contributed by atoms with Gasteiger partial charge in [0.1, 0.15) is 0 Å². The molecule has 86 valence electrons. The van der Waals surface area contributed by atoms with Crippen molar-refractivity contribution in [3.63, 3.8) is 0 Å². The van der Waals surface area contributed by atoms with Gasteiger partial charge in [-0.1, -0.05) is 19.8 Å². The molecule has 3 heteroatoms. The van der Waals surface area contributed by atoms with Crippen molar-refractivity contribution in [2.75, 3.05) is 19.7 Å². The SMILES string of the molecule is CC1(C(=O)N2CCC(CO)C2)CCCC1. The molecule has 0 aromatic heterocycles. The van der Waals surface area contributed by atoms with Crippen molar-refractivity contribution in [2.24, 2.45) is 11.3 Å². The van der Waals surface area contributed by atoms with Crippen molar-refractivity contribution in [1.82, 2.24) is 4.90 Å². The molecule has 3 nitrogen and oxygen atoms in total. The molecule has 1 amide bonds. The van der Waals surface area contributed by atoms with E-state index >= 15 is 0 Å². The van der Waals surface area contributed by atoms with Gasteiger partial charge in [0, 0.05) is 31.0 Å². The number of nitrogens with zero attached hydrogens (tertiary/aromatic N) is 1. The van der Waals surface area contributed by atoms with Crippen LogP contribution < -0.4 is 0 Å². The van der Waals surface area contributed by atoms with E-state index in [-0.39, 0.29) is 12.0 Å². The number of hydrogen-bond donors (Lipinski definition) is 1. The fourth-order valence-corrected chi connectivity index (χ4v) is 2.92. The Labute approximate surface area is 91.5 Å². The van der Waals surface area contributed by atoms with E-state index in [0.29, 0.717) is 11.8 Å². The zero-order chi connectivity index (χ0) is 10.9. The van der Waals surface area contributed by atoms with Crippen LogP contribution in [-0.4, -0.2) is 35.6 Å². The Hall–Kier alpha value is -0.570. The standard InChI is InChI=1S/C12H21NO2/c1-12(5-2-3-6-12)11(15)13-7-4-10(8-13)9-14/h10,14H,2-9H2,1H3. The van der Waals surface area contributed by atoms with Gasteiger partial charge >= 0.3 is 0 Å². The van der Waals surface area contributed by atoms with Crippen LogP contribution in [-0.2, 0) is 4.79 Å². The summed E-state index contributed by atoms with van der Waals surface area (Å²) in [7, 11) is 0. The molecule has 0 bridgehead atoms. The summed E-state index contributed by atoms with van der Waals surface area (Å²) < 4.78 is 0. The highest BCUT2D eigenvalue weighted by Crippen LogP contribution is 2.40. The number of hydrogen-bond acceptors (Lipinski definition) is 2. The van der Waals surface area contributed by atoms with Crippen LogP contribution in [0.15, 0.2) is 0 Å². The average Bonchev–Trinajstić information content (AvgIpc) is 2.85. The summed E-state index contributed by atoms with van der Waals surface area (Å²) in [5, 5.41) is 9.06. The normalized spacial score (nSPS) is 29.7. The number of rotatable bonds is 2. The molecule has 1 aliphatic heterocycles. The van der Waals surface area contributed by atoms with Crippen LogP contribution in [0.2, 0.25) is 0 Å². The lowest BCUT2D eigenvalue weighted by Crippen LogP contribution is -2.39. The first kappa shape index (κ1) is 10.9. The first-order chi connectivity index (χ1) is 7.15. The van der Waals surface area contributed by atoms with Crippen molar-refractivity contribution in [1.29, 1.82) is 0 Å². The number of aliphatic hydroxyl groups excluding tert-OH is 1. The van der Waals surface area contributed by atoms with E-state index in [2.05, 4.69) is 6.92 Å². The van der Waals surface area contributed by atoms with Crippen LogP contribution in [0, 0.1) is 11.3 Å². The maximum absolute atomic E-state index is 12.3. The van der Waals surface area contributed by atoms with E-state index in [1.54, 1.807) is 0 Å². The molecule has 0 spiro atoms. The van der Waals surface area contributed by atoms with Gasteiger partial charge in [-0.25, -0.2) is 0 Å². The van der Waals surface area contributed by atoms with Crippen LogP contribution in [0.1, 0.15) is 39.0 Å². The van der Waals surface area contributed by atoms with Crippen LogP contribution in [0.5, 0.6) is 0 Å². The maximum atomic E-state index is 12.3. The third kappa shape index (κ3) is 2.03. The number of amides is 1. The Bertz CT molecular complexity index is 246. The number of aliphatic hydroxyl groups is 1. The van der Waals surface area contributed by atoms with E-state index in [4.69, 9.17) is 5.11 Å². The van der Waals surface area contributed by atoms with Crippen molar-refractivity contribution in [3.05, 3.63) is 0 Å². The summed E-state index contributed by atoms with van der Waals surface area (Å²) in [5.41, 5.74) is -0.0929. The van der Waals surface area contributed by atoms with Gasteiger partial charge in [0.15, 0.2) is 0 Å². The third-order valence-electron chi connectivity index (χ3n) is 4.05. The third-order valence-corrected chi connectivity index (χ3v) is 4.05. The molecule has 1 atom stereocenters. The van der Waals surface area contributed by atoms with Crippen LogP contribution in [0.3, 0.4) is 0 Å². The summed E-state index contributed by atoms with van der Waals surface area (Å²) in [4.78, 5) is 14.2. The van der Waals surface area contributed by atoms with Gasteiger partial charge in [0.25, 0.3) is 0 Å². The predicted octanol–water partition coefficient (Wildman–Crippen LogP) is 1.41. The van der Waals surface area contributed by atoms with Gasteiger partial charge in [0.2, 0.25) is 5.91 Å². The molecule has 0 aromatic rings. The molecule has 15 heavy (non-hydrogen) atoms. The second-order valence-electron chi connectivity index (χ2n) is 5.36. The van der Waals surface area contributed by atoms with E-state index in [9.17, 15) is 4.79 Å². The van der Waals surface area contributed by atoms with E-state index in [0.717, 1.165) is 32.4 Å².